The number of hydrogen-bond acceptors (Lipinski definition) is 2. The van der Waals surface area contributed by atoms with Gasteiger partial charge in [-0.25, -0.2) is 13.2 Å². The molecule has 0 saturated carbocycles. The third kappa shape index (κ3) is 2.92. The molecule has 6 heteroatoms. The van der Waals surface area contributed by atoms with E-state index in [-0.39, 0.29) is 5.56 Å². The lowest BCUT2D eigenvalue weighted by Gasteiger charge is -2.18. The first-order valence-corrected chi connectivity index (χ1v) is 7.69. The molecule has 0 aliphatic heterocycles. The Labute approximate surface area is 128 Å². The van der Waals surface area contributed by atoms with Crippen LogP contribution in [0.2, 0.25) is 0 Å². The van der Waals surface area contributed by atoms with Crippen LogP contribution in [0.5, 0.6) is 0 Å². The highest BCUT2D eigenvalue weighted by atomic mass is 79.9. The lowest BCUT2D eigenvalue weighted by atomic mass is 10.0. The van der Waals surface area contributed by atoms with E-state index in [2.05, 4.69) is 21.2 Å². The van der Waals surface area contributed by atoms with Crippen LogP contribution in [0, 0.1) is 24.4 Å². The Balaban J connectivity index is 2.51. The lowest BCUT2D eigenvalue weighted by molar-refractivity contribution is 0.434. The summed E-state index contributed by atoms with van der Waals surface area (Å²) in [6.07, 6.45) is 0. The summed E-state index contributed by atoms with van der Waals surface area (Å²) in [5.41, 5.74) is 0.111. The minimum atomic E-state index is -1.43. The lowest BCUT2D eigenvalue weighted by Crippen LogP contribution is -2.22. The molecule has 1 atom stereocenters. The van der Waals surface area contributed by atoms with Crippen LogP contribution in [0.4, 0.5) is 13.2 Å². The van der Waals surface area contributed by atoms with Gasteiger partial charge in [0.15, 0.2) is 17.5 Å². The largest absolute Gasteiger partial charge is 0.306 e. The van der Waals surface area contributed by atoms with E-state index in [4.69, 9.17) is 0 Å². The Hall–Kier alpha value is -0.850. The highest BCUT2D eigenvalue weighted by Gasteiger charge is 2.23. The zero-order valence-corrected chi connectivity index (χ0v) is 13.3. The summed E-state index contributed by atoms with van der Waals surface area (Å²) < 4.78 is 41.3. The molecule has 0 spiro atoms. The number of nitrogens with one attached hydrogen (secondary N) is 1. The molecule has 0 bridgehead atoms. The van der Waals surface area contributed by atoms with Gasteiger partial charge in [0.1, 0.15) is 0 Å². The Morgan fingerprint density at radius 1 is 1.25 bits per heavy atom. The van der Waals surface area contributed by atoms with Crippen LogP contribution < -0.4 is 5.32 Å². The van der Waals surface area contributed by atoms with Gasteiger partial charge in [-0.05, 0) is 41.5 Å². The van der Waals surface area contributed by atoms with Crippen LogP contribution >= 0.6 is 27.3 Å². The molecule has 1 unspecified atom stereocenters. The molecule has 1 nitrogen and oxygen atoms in total. The van der Waals surface area contributed by atoms with Crippen molar-refractivity contribution in [1.82, 2.24) is 5.32 Å². The fourth-order valence-electron chi connectivity index (χ4n) is 1.96. The van der Waals surface area contributed by atoms with E-state index in [0.29, 0.717) is 6.54 Å². The quantitative estimate of drug-likeness (QED) is 0.759. The van der Waals surface area contributed by atoms with E-state index in [1.807, 2.05) is 19.9 Å². The van der Waals surface area contributed by atoms with Crippen molar-refractivity contribution in [2.24, 2.45) is 0 Å². The third-order valence-corrected chi connectivity index (χ3v) is 5.15. The van der Waals surface area contributed by atoms with Crippen molar-refractivity contribution in [2.45, 2.75) is 19.9 Å². The van der Waals surface area contributed by atoms with Gasteiger partial charge in [0.25, 0.3) is 0 Å². The van der Waals surface area contributed by atoms with Crippen molar-refractivity contribution >= 4 is 27.3 Å². The number of thiophene rings is 1. The highest BCUT2D eigenvalue weighted by molar-refractivity contribution is 9.10. The first-order chi connectivity index (χ1) is 9.45. The molecule has 0 fully saturated rings. The van der Waals surface area contributed by atoms with Crippen molar-refractivity contribution in [3.05, 3.63) is 55.4 Å². The normalized spacial score (nSPS) is 12.7. The van der Waals surface area contributed by atoms with Gasteiger partial charge in [-0.2, -0.15) is 0 Å². The number of benzene rings is 1. The highest BCUT2D eigenvalue weighted by Crippen LogP contribution is 2.35. The Morgan fingerprint density at radius 3 is 2.50 bits per heavy atom. The average molecular weight is 364 g/mol. The van der Waals surface area contributed by atoms with Crippen molar-refractivity contribution in [2.75, 3.05) is 6.54 Å². The molecule has 1 aromatic carbocycles. The molecule has 108 valence electrons. The molecule has 0 amide bonds. The first-order valence-electron chi connectivity index (χ1n) is 6.08. The summed E-state index contributed by atoms with van der Waals surface area (Å²) in [7, 11) is 0. The Kier molecular flexibility index (Phi) is 4.88. The van der Waals surface area contributed by atoms with Gasteiger partial charge in [0.2, 0.25) is 0 Å². The number of hydrogen-bond donors (Lipinski definition) is 1. The van der Waals surface area contributed by atoms with Gasteiger partial charge in [0.05, 0.1) is 6.04 Å². The Morgan fingerprint density at radius 2 is 1.95 bits per heavy atom. The second-order valence-electron chi connectivity index (χ2n) is 4.31. The van der Waals surface area contributed by atoms with Crippen LogP contribution in [0.15, 0.2) is 22.7 Å². The minimum absolute atomic E-state index is 0.111. The van der Waals surface area contributed by atoms with Crippen molar-refractivity contribution < 1.29 is 13.2 Å². The maximum atomic E-state index is 14.0. The predicted molar refractivity (Wildman–Crippen MR) is 78.6 cm³/mol. The molecular formula is C14H13BrF3NS. The van der Waals surface area contributed by atoms with Gasteiger partial charge >= 0.3 is 0 Å². The molecule has 20 heavy (non-hydrogen) atoms. The number of halogens is 4. The molecule has 1 heterocycles. The summed E-state index contributed by atoms with van der Waals surface area (Å²) in [6, 6.07) is 3.61. The van der Waals surface area contributed by atoms with Gasteiger partial charge < -0.3 is 5.32 Å². The summed E-state index contributed by atoms with van der Waals surface area (Å²) >= 11 is 4.89. The predicted octanol–water partition coefficient (Wildman–Crippen LogP) is 4.94. The van der Waals surface area contributed by atoms with Gasteiger partial charge in [-0.15, -0.1) is 11.3 Å². The maximum absolute atomic E-state index is 14.0. The monoisotopic (exact) mass is 363 g/mol. The summed E-state index contributed by atoms with van der Waals surface area (Å²) in [4.78, 5) is 1.90. The first kappa shape index (κ1) is 15.5. The van der Waals surface area contributed by atoms with E-state index in [1.165, 1.54) is 17.4 Å². The molecule has 1 aromatic heterocycles. The second kappa shape index (κ2) is 6.28. The molecule has 0 aliphatic rings. The molecule has 2 aromatic rings. The fourth-order valence-corrected chi connectivity index (χ4v) is 3.61. The van der Waals surface area contributed by atoms with Gasteiger partial charge in [-0.3, -0.25) is 0 Å². The topological polar surface area (TPSA) is 12.0 Å². The third-order valence-electron chi connectivity index (χ3n) is 2.95. The molecule has 0 aliphatic carbocycles. The standard InChI is InChI=1S/C14H13BrF3NS/c1-3-19-14(11-6-9(15)7(2)20-11)8-4-5-10(16)13(18)12(8)17/h4-6,14,19H,3H2,1-2H3. The molecule has 1 N–H and O–H groups in total. The van der Waals surface area contributed by atoms with E-state index >= 15 is 0 Å². The van der Waals surface area contributed by atoms with E-state index < -0.39 is 23.5 Å². The van der Waals surface area contributed by atoms with E-state index in [9.17, 15) is 13.2 Å². The van der Waals surface area contributed by atoms with Crippen LogP contribution in [-0.4, -0.2) is 6.54 Å². The van der Waals surface area contributed by atoms with Crippen molar-refractivity contribution in [3.8, 4) is 0 Å². The van der Waals surface area contributed by atoms with Crippen LogP contribution in [0.1, 0.15) is 28.3 Å². The summed E-state index contributed by atoms with van der Waals surface area (Å²) in [5, 5.41) is 3.10. The van der Waals surface area contributed by atoms with Crippen molar-refractivity contribution in [1.29, 1.82) is 0 Å². The zero-order chi connectivity index (χ0) is 14.9. The van der Waals surface area contributed by atoms with Crippen LogP contribution in [0.25, 0.3) is 0 Å². The smallest absolute Gasteiger partial charge is 0.194 e. The van der Waals surface area contributed by atoms with Gasteiger partial charge in [0, 0.05) is 19.8 Å². The average Bonchev–Trinajstić information content (AvgIpc) is 2.74. The molecule has 0 saturated heterocycles. The second-order valence-corrected chi connectivity index (χ2v) is 6.45. The minimum Gasteiger partial charge on any atom is -0.306 e. The van der Waals surface area contributed by atoms with E-state index in [0.717, 1.165) is 20.3 Å². The SMILES string of the molecule is CCNC(c1cc(Br)c(C)s1)c1ccc(F)c(F)c1F. The van der Waals surface area contributed by atoms with Gasteiger partial charge in [-0.1, -0.05) is 13.0 Å². The fraction of sp³-hybridized carbons (Fsp3) is 0.286. The maximum Gasteiger partial charge on any atom is 0.194 e. The number of aryl methyl sites for hydroxylation is 1. The molecular weight excluding hydrogens is 351 g/mol. The summed E-state index contributed by atoms with van der Waals surface area (Å²) in [6.45, 7) is 4.39. The van der Waals surface area contributed by atoms with Crippen LogP contribution in [0.3, 0.4) is 0 Å². The molecule has 0 radical (unpaired) electrons. The number of rotatable bonds is 4. The Bertz CT molecular complexity index is 608. The van der Waals surface area contributed by atoms with Crippen LogP contribution in [-0.2, 0) is 0 Å². The molecule has 2 rings (SSSR count). The van der Waals surface area contributed by atoms with E-state index in [1.54, 1.807) is 0 Å². The summed E-state index contributed by atoms with van der Waals surface area (Å²) in [5.74, 6) is -3.75. The van der Waals surface area contributed by atoms with Crippen molar-refractivity contribution in [3.63, 3.8) is 0 Å². The zero-order valence-electron chi connectivity index (χ0n) is 10.9.